The molecule has 2 rings (SSSR count). The number of carboxylic acids is 1. The monoisotopic (exact) mass is 311 g/mol. The smallest absolute Gasteiger partial charge is 0.319 e. The van der Waals surface area contributed by atoms with Crippen LogP contribution in [0.5, 0.6) is 0 Å². The minimum Gasteiger partial charge on any atom is -0.481 e. The van der Waals surface area contributed by atoms with Gasteiger partial charge < -0.3 is 20.2 Å². The molecule has 0 aliphatic carbocycles. The number of nitrogens with zero attached hydrogens (tertiary/aromatic N) is 2. The first kappa shape index (κ1) is 16.6. The van der Waals surface area contributed by atoms with Crippen molar-refractivity contribution in [1.82, 2.24) is 15.1 Å². The number of likely N-dealkylation sites (tertiary alicyclic amines) is 2. The van der Waals surface area contributed by atoms with Crippen molar-refractivity contribution in [3.05, 3.63) is 0 Å². The predicted molar refractivity (Wildman–Crippen MR) is 80.3 cm³/mol. The maximum atomic E-state index is 12.3. The number of amides is 3. The van der Waals surface area contributed by atoms with E-state index in [-0.39, 0.29) is 24.4 Å². The van der Waals surface area contributed by atoms with E-state index in [0.717, 1.165) is 25.9 Å². The van der Waals surface area contributed by atoms with Crippen LogP contribution >= 0.6 is 0 Å². The minimum atomic E-state index is -0.911. The summed E-state index contributed by atoms with van der Waals surface area (Å²) in [4.78, 5) is 38.7. The van der Waals surface area contributed by atoms with Crippen LogP contribution in [0.2, 0.25) is 0 Å². The van der Waals surface area contributed by atoms with Gasteiger partial charge in [-0.3, -0.25) is 9.59 Å². The van der Waals surface area contributed by atoms with Crippen molar-refractivity contribution in [2.24, 2.45) is 11.8 Å². The third-order valence-electron chi connectivity index (χ3n) is 4.52. The van der Waals surface area contributed by atoms with Gasteiger partial charge in [-0.1, -0.05) is 6.92 Å². The Hall–Kier alpha value is -1.79. The summed E-state index contributed by atoms with van der Waals surface area (Å²) in [7, 11) is 0. The first-order valence-electron chi connectivity index (χ1n) is 8.03. The maximum absolute atomic E-state index is 12.3. The van der Waals surface area contributed by atoms with E-state index in [1.807, 2.05) is 9.80 Å². The van der Waals surface area contributed by atoms with E-state index in [4.69, 9.17) is 5.11 Å². The van der Waals surface area contributed by atoms with E-state index >= 15 is 0 Å². The van der Waals surface area contributed by atoms with Gasteiger partial charge in [0.1, 0.15) is 0 Å². The van der Waals surface area contributed by atoms with E-state index in [1.54, 1.807) is 6.92 Å². The molecule has 2 saturated heterocycles. The van der Waals surface area contributed by atoms with Gasteiger partial charge in [0.2, 0.25) is 5.91 Å². The van der Waals surface area contributed by atoms with Crippen LogP contribution in [0.1, 0.15) is 32.6 Å². The zero-order valence-corrected chi connectivity index (χ0v) is 13.1. The Morgan fingerprint density at radius 1 is 1.09 bits per heavy atom. The van der Waals surface area contributed by atoms with E-state index in [9.17, 15) is 14.4 Å². The average Bonchev–Trinajstić information content (AvgIpc) is 3.06. The van der Waals surface area contributed by atoms with Crippen molar-refractivity contribution >= 4 is 17.9 Å². The number of carbonyl (C=O) groups excluding carboxylic acids is 2. The average molecular weight is 311 g/mol. The largest absolute Gasteiger partial charge is 0.481 e. The molecule has 0 aromatic carbocycles. The van der Waals surface area contributed by atoms with E-state index < -0.39 is 11.9 Å². The van der Waals surface area contributed by atoms with Crippen LogP contribution in [-0.4, -0.2) is 65.5 Å². The highest BCUT2D eigenvalue weighted by molar-refractivity contribution is 5.80. The molecule has 0 radical (unpaired) electrons. The molecule has 0 bridgehead atoms. The van der Waals surface area contributed by atoms with Crippen LogP contribution in [0.25, 0.3) is 0 Å². The maximum Gasteiger partial charge on any atom is 0.319 e. The minimum absolute atomic E-state index is 0.0934. The lowest BCUT2D eigenvalue weighted by atomic mass is 9.96. The summed E-state index contributed by atoms with van der Waals surface area (Å²) in [5.74, 6) is -1.71. The Bertz CT molecular complexity index is 427. The van der Waals surface area contributed by atoms with Crippen molar-refractivity contribution in [2.45, 2.75) is 32.6 Å². The van der Waals surface area contributed by atoms with Crippen molar-refractivity contribution in [2.75, 3.05) is 32.7 Å². The highest BCUT2D eigenvalue weighted by Gasteiger charge is 2.30. The second kappa shape index (κ2) is 7.47. The standard InChI is InChI=1S/C15H25N3O4/c1-11(14(20)21)10-16-13(19)12-4-8-18(9-5-12)15(22)17-6-2-3-7-17/h11-12H,2-10H2,1H3,(H,16,19)(H,20,21)/t11-/m0/s1. The van der Waals surface area contributed by atoms with E-state index in [2.05, 4.69) is 5.32 Å². The van der Waals surface area contributed by atoms with Gasteiger partial charge in [0, 0.05) is 38.6 Å². The molecule has 2 aliphatic heterocycles. The van der Waals surface area contributed by atoms with Crippen molar-refractivity contribution in [1.29, 1.82) is 0 Å². The van der Waals surface area contributed by atoms with Crippen molar-refractivity contribution in [3.63, 3.8) is 0 Å². The highest BCUT2D eigenvalue weighted by atomic mass is 16.4. The highest BCUT2D eigenvalue weighted by Crippen LogP contribution is 2.20. The molecule has 22 heavy (non-hydrogen) atoms. The molecule has 0 spiro atoms. The van der Waals surface area contributed by atoms with Gasteiger partial charge in [-0.25, -0.2) is 4.79 Å². The van der Waals surface area contributed by atoms with Crippen LogP contribution in [0.3, 0.4) is 0 Å². The Labute approximate surface area is 130 Å². The molecular weight excluding hydrogens is 286 g/mol. The Morgan fingerprint density at radius 2 is 1.64 bits per heavy atom. The van der Waals surface area contributed by atoms with Crippen LogP contribution in [0, 0.1) is 11.8 Å². The number of hydrogen-bond acceptors (Lipinski definition) is 3. The molecule has 124 valence electrons. The summed E-state index contributed by atoms with van der Waals surface area (Å²) >= 11 is 0. The molecule has 2 fully saturated rings. The molecule has 0 saturated carbocycles. The fourth-order valence-corrected chi connectivity index (χ4v) is 2.93. The fourth-order valence-electron chi connectivity index (χ4n) is 2.93. The van der Waals surface area contributed by atoms with Crippen LogP contribution in [0.4, 0.5) is 4.79 Å². The van der Waals surface area contributed by atoms with Gasteiger partial charge in [0.15, 0.2) is 0 Å². The molecule has 2 aliphatic rings. The zero-order chi connectivity index (χ0) is 16.1. The molecule has 3 amide bonds. The SMILES string of the molecule is C[C@@H](CNC(=O)C1CCN(C(=O)N2CCCC2)CC1)C(=O)O. The summed E-state index contributed by atoms with van der Waals surface area (Å²) in [5, 5.41) is 11.5. The molecule has 2 N–H and O–H groups in total. The molecule has 0 unspecified atom stereocenters. The van der Waals surface area contributed by atoms with Gasteiger partial charge in [-0.05, 0) is 25.7 Å². The van der Waals surface area contributed by atoms with Crippen LogP contribution < -0.4 is 5.32 Å². The number of piperidine rings is 1. The predicted octanol–water partition coefficient (Wildman–Crippen LogP) is 0.751. The lowest BCUT2D eigenvalue weighted by Crippen LogP contribution is -2.48. The summed E-state index contributed by atoms with van der Waals surface area (Å²) in [6.45, 7) is 4.60. The molecule has 2 heterocycles. The molecular formula is C15H25N3O4. The van der Waals surface area contributed by atoms with Gasteiger partial charge in [-0.15, -0.1) is 0 Å². The summed E-state index contributed by atoms with van der Waals surface area (Å²) in [6, 6.07) is 0.0934. The number of rotatable bonds is 4. The van der Waals surface area contributed by atoms with Crippen LogP contribution in [-0.2, 0) is 9.59 Å². The van der Waals surface area contributed by atoms with Gasteiger partial charge in [-0.2, -0.15) is 0 Å². The lowest BCUT2D eigenvalue weighted by molar-refractivity contribution is -0.141. The number of hydrogen-bond donors (Lipinski definition) is 2. The molecule has 0 aromatic rings. The van der Waals surface area contributed by atoms with Crippen molar-refractivity contribution in [3.8, 4) is 0 Å². The normalized spacial score (nSPS) is 20.8. The first-order valence-corrected chi connectivity index (χ1v) is 8.03. The summed E-state index contributed by atoms with van der Waals surface area (Å²) in [6.07, 6.45) is 3.44. The van der Waals surface area contributed by atoms with E-state index in [0.29, 0.717) is 25.9 Å². The number of nitrogens with one attached hydrogen (secondary N) is 1. The Kier molecular flexibility index (Phi) is 5.63. The third-order valence-corrected chi connectivity index (χ3v) is 4.52. The van der Waals surface area contributed by atoms with Gasteiger partial charge in [0.25, 0.3) is 0 Å². The topological polar surface area (TPSA) is 90.0 Å². The second-order valence-corrected chi connectivity index (χ2v) is 6.22. The molecule has 7 heteroatoms. The zero-order valence-electron chi connectivity index (χ0n) is 13.1. The van der Waals surface area contributed by atoms with Gasteiger partial charge in [0.05, 0.1) is 5.92 Å². The summed E-state index contributed by atoms with van der Waals surface area (Å²) in [5.41, 5.74) is 0. The van der Waals surface area contributed by atoms with Gasteiger partial charge >= 0.3 is 12.0 Å². The number of aliphatic carboxylic acids is 1. The van der Waals surface area contributed by atoms with Crippen LogP contribution in [0.15, 0.2) is 0 Å². The molecule has 1 atom stereocenters. The number of carboxylic acid groups (broad SMARTS) is 1. The quantitative estimate of drug-likeness (QED) is 0.802. The fraction of sp³-hybridized carbons (Fsp3) is 0.800. The second-order valence-electron chi connectivity index (χ2n) is 6.22. The number of urea groups is 1. The summed E-state index contributed by atoms with van der Waals surface area (Å²) < 4.78 is 0. The Balaban J connectivity index is 1.73. The first-order chi connectivity index (χ1) is 10.5. The van der Waals surface area contributed by atoms with Crippen molar-refractivity contribution < 1.29 is 19.5 Å². The molecule has 7 nitrogen and oxygen atoms in total. The lowest BCUT2D eigenvalue weighted by Gasteiger charge is -2.34. The van der Waals surface area contributed by atoms with E-state index in [1.165, 1.54) is 0 Å². The molecule has 0 aromatic heterocycles. The Morgan fingerprint density at radius 3 is 2.18 bits per heavy atom. The third kappa shape index (κ3) is 4.11. The number of carbonyl (C=O) groups is 3.